The summed E-state index contributed by atoms with van der Waals surface area (Å²) in [7, 11) is 3.19. The molecule has 130 valence electrons. The number of amides is 1. The van der Waals surface area contributed by atoms with Crippen LogP contribution in [0.15, 0.2) is 30.6 Å². The number of carbonyl (C=O) groups excluding carboxylic acids is 1. The summed E-state index contributed by atoms with van der Waals surface area (Å²) in [6.45, 7) is 1.21. The zero-order chi connectivity index (χ0) is 17.4. The first-order valence-electron chi connectivity index (χ1n) is 7.80. The number of aliphatic hydroxyl groups excluding tert-OH is 1. The van der Waals surface area contributed by atoms with E-state index in [1.165, 1.54) is 0 Å². The van der Waals surface area contributed by atoms with Gasteiger partial charge in [-0.3, -0.25) is 9.48 Å². The van der Waals surface area contributed by atoms with Crippen LogP contribution >= 0.6 is 0 Å². The highest BCUT2D eigenvalue weighted by Gasteiger charge is 2.09. The van der Waals surface area contributed by atoms with Crippen molar-refractivity contribution in [3.05, 3.63) is 41.7 Å². The highest BCUT2D eigenvalue weighted by atomic mass is 16.5. The van der Waals surface area contributed by atoms with Crippen molar-refractivity contribution in [2.24, 2.45) is 0 Å². The van der Waals surface area contributed by atoms with Crippen molar-refractivity contribution in [1.29, 1.82) is 0 Å². The zero-order valence-corrected chi connectivity index (χ0v) is 14.0. The number of aromatic nitrogens is 2. The Kier molecular flexibility index (Phi) is 6.62. The van der Waals surface area contributed by atoms with Crippen LogP contribution in [0.5, 0.6) is 11.5 Å². The third-order valence-corrected chi connectivity index (χ3v) is 3.56. The number of nitrogens with zero attached hydrogens (tertiary/aromatic N) is 2. The molecule has 1 aromatic carbocycles. The standard InChI is InChI=1S/C17H23N3O4/c1-23-15-6-5-13(9-16(15)24-2)11-20-12-14(10-19-20)17(22)18-7-3-4-8-21/h5-6,9-10,12,21H,3-4,7-8,11H2,1-2H3,(H,18,22). The van der Waals surface area contributed by atoms with Gasteiger partial charge in [0.25, 0.3) is 5.91 Å². The highest BCUT2D eigenvalue weighted by Crippen LogP contribution is 2.27. The lowest BCUT2D eigenvalue weighted by Crippen LogP contribution is -2.24. The van der Waals surface area contributed by atoms with E-state index >= 15 is 0 Å². The van der Waals surface area contributed by atoms with Crippen LogP contribution in [0.25, 0.3) is 0 Å². The molecule has 0 fully saturated rings. The lowest BCUT2D eigenvalue weighted by Gasteiger charge is -2.09. The molecule has 24 heavy (non-hydrogen) atoms. The van der Waals surface area contributed by atoms with E-state index in [0.29, 0.717) is 36.6 Å². The normalized spacial score (nSPS) is 10.5. The number of nitrogens with one attached hydrogen (secondary N) is 1. The van der Waals surface area contributed by atoms with Crippen LogP contribution < -0.4 is 14.8 Å². The quantitative estimate of drug-likeness (QED) is 0.679. The molecule has 1 heterocycles. The Labute approximate surface area is 141 Å². The summed E-state index contributed by atoms with van der Waals surface area (Å²) in [5.74, 6) is 1.17. The average molecular weight is 333 g/mol. The van der Waals surface area contributed by atoms with E-state index in [1.807, 2.05) is 18.2 Å². The summed E-state index contributed by atoms with van der Waals surface area (Å²) in [6, 6.07) is 5.65. The number of carbonyl (C=O) groups is 1. The van der Waals surface area contributed by atoms with Crippen LogP contribution in [-0.2, 0) is 6.54 Å². The van der Waals surface area contributed by atoms with Gasteiger partial charge in [-0.2, -0.15) is 5.10 Å². The van der Waals surface area contributed by atoms with Gasteiger partial charge in [-0.25, -0.2) is 0 Å². The average Bonchev–Trinajstić information content (AvgIpc) is 3.07. The maximum absolute atomic E-state index is 12.0. The maximum Gasteiger partial charge on any atom is 0.254 e. The summed E-state index contributed by atoms with van der Waals surface area (Å²) in [5, 5.41) is 15.7. The molecule has 2 aromatic rings. The molecule has 0 aliphatic rings. The molecule has 7 heteroatoms. The van der Waals surface area contributed by atoms with Gasteiger partial charge in [-0.15, -0.1) is 0 Å². The van der Waals surface area contributed by atoms with Crippen LogP contribution in [0, 0.1) is 0 Å². The molecule has 0 saturated heterocycles. The number of aliphatic hydroxyl groups is 1. The summed E-state index contributed by atoms with van der Waals surface area (Å²) in [6.07, 6.45) is 4.68. The fourth-order valence-corrected chi connectivity index (χ4v) is 2.27. The van der Waals surface area contributed by atoms with E-state index in [9.17, 15) is 4.79 Å². The zero-order valence-electron chi connectivity index (χ0n) is 14.0. The van der Waals surface area contributed by atoms with Gasteiger partial charge in [-0.05, 0) is 30.5 Å². The lowest BCUT2D eigenvalue weighted by atomic mass is 10.2. The van der Waals surface area contributed by atoms with Crippen LogP contribution in [-0.4, -0.2) is 48.2 Å². The Morgan fingerprint density at radius 1 is 1.25 bits per heavy atom. The number of ether oxygens (including phenoxy) is 2. The molecule has 1 amide bonds. The molecule has 0 spiro atoms. The van der Waals surface area contributed by atoms with Gasteiger partial charge < -0.3 is 19.9 Å². The van der Waals surface area contributed by atoms with Crippen LogP contribution in [0.4, 0.5) is 0 Å². The molecular formula is C17H23N3O4. The van der Waals surface area contributed by atoms with E-state index in [2.05, 4.69) is 10.4 Å². The molecule has 0 aliphatic carbocycles. The van der Waals surface area contributed by atoms with Crippen LogP contribution in [0.1, 0.15) is 28.8 Å². The summed E-state index contributed by atoms with van der Waals surface area (Å²) >= 11 is 0. The van der Waals surface area contributed by atoms with Crippen LogP contribution in [0.2, 0.25) is 0 Å². The number of unbranched alkanes of at least 4 members (excludes halogenated alkanes) is 1. The number of rotatable bonds is 9. The second-order valence-electron chi connectivity index (χ2n) is 5.30. The summed E-state index contributed by atoms with van der Waals surface area (Å²) in [4.78, 5) is 12.0. The van der Waals surface area contributed by atoms with E-state index in [-0.39, 0.29) is 12.5 Å². The van der Waals surface area contributed by atoms with Crippen molar-refractivity contribution in [3.8, 4) is 11.5 Å². The smallest absolute Gasteiger partial charge is 0.254 e. The number of hydrogen-bond acceptors (Lipinski definition) is 5. The first kappa shape index (κ1) is 17.8. The molecule has 0 saturated carbocycles. The third-order valence-electron chi connectivity index (χ3n) is 3.56. The topological polar surface area (TPSA) is 85.6 Å². The Hall–Kier alpha value is -2.54. The van der Waals surface area contributed by atoms with Gasteiger partial charge in [-0.1, -0.05) is 6.07 Å². The summed E-state index contributed by atoms with van der Waals surface area (Å²) in [5.41, 5.74) is 1.50. The predicted octanol–water partition coefficient (Wildman–Crippen LogP) is 1.45. The van der Waals surface area contributed by atoms with Gasteiger partial charge in [0.1, 0.15) is 0 Å². The number of hydrogen-bond donors (Lipinski definition) is 2. The number of methoxy groups -OCH3 is 2. The minimum atomic E-state index is -0.161. The van der Waals surface area contributed by atoms with Crippen molar-refractivity contribution in [2.75, 3.05) is 27.4 Å². The van der Waals surface area contributed by atoms with Gasteiger partial charge in [0.05, 0.1) is 32.5 Å². The Balaban J connectivity index is 1.97. The van der Waals surface area contributed by atoms with Gasteiger partial charge in [0.15, 0.2) is 11.5 Å². The SMILES string of the molecule is COc1ccc(Cn2cc(C(=O)NCCCCO)cn2)cc1OC. The number of benzene rings is 1. The summed E-state index contributed by atoms with van der Waals surface area (Å²) < 4.78 is 12.2. The molecule has 1 aromatic heterocycles. The fraction of sp³-hybridized carbons (Fsp3) is 0.412. The fourth-order valence-electron chi connectivity index (χ4n) is 2.27. The van der Waals surface area contributed by atoms with Crippen molar-refractivity contribution < 1.29 is 19.4 Å². The molecule has 2 rings (SSSR count). The Morgan fingerprint density at radius 2 is 2.04 bits per heavy atom. The van der Waals surface area contributed by atoms with Crippen molar-refractivity contribution in [3.63, 3.8) is 0 Å². The monoisotopic (exact) mass is 333 g/mol. The van der Waals surface area contributed by atoms with Crippen LogP contribution in [0.3, 0.4) is 0 Å². The minimum Gasteiger partial charge on any atom is -0.493 e. The van der Waals surface area contributed by atoms with E-state index in [4.69, 9.17) is 14.6 Å². The maximum atomic E-state index is 12.0. The largest absolute Gasteiger partial charge is 0.493 e. The molecule has 0 aliphatic heterocycles. The van der Waals surface area contributed by atoms with Crippen molar-refractivity contribution in [2.45, 2.75) is 19.4 Å². The van der Waals surface area contributed by atoms with E-state index in [1.54, 1.807) is 31.3 Å². The predicted molar refractivity (Wildman–Crippen MR) is 89.5 cm³/mol. The van der Waals surface area contributed by atoms with Gasteiger partial charge in [0.2, 0.25) is 0 Å². The molecular weight excluding hydrogens is 310 g/mol. The van der Waals surface area contributed by atoms with E-state index < -0.39 is 0 Å². The van der Waals surface area contributed by atoms with E-state index in [0.717, 1.165) is 12.0 Å². The van der Waals surface area contributed by atoms with Crippen molar-refractivity contribution in [1.82, 2.24) is 15.1 Å². The second kappa shape index (κ2) is 8.93. The third kappa shape index (κ3) is 4.73. The highest BCUT2D eigenvalue weighted by molar-refractivity contribution is 5.93. The molecule has 0 atom stereocenters. The minimum absolute atomic E-state index is 0.138. The molecule has 0 radical (unpaired) electrons. The van der Waals surface area contributed by atoms with Crippen molar-refractivity contribution >= 4 is 5.91 Å². The van der Waals surface area contributed by atoms with Gasteiger partial charge in [0, 0.05) is 19.3 Å². The first-order chi connectivity index (χ1) is 11.7. The molecule has 0 bridgehead atoms. The Bertz CT molecular complexity index is 670. The molecule has 7 nitrogen and oxygen atoms in total. The lowest BCUT2D eigenvalue weighted by molar-refractivity contribution is 0.0952. The second-order valence-corrected chi connectivity index (χ2v) is 5.30. The molecule has 2 N–H and O–H groups in total. The van der Waals surface area contributed by atoms with Gasteiger partial charge >= 0.3 is 0 Å². The molecule has 0 unspecified atom stereocenters. The first-order valence-corrected chi connectivity index (χ1v) is 7.80. The Morgan fingerprint density at radius 3 is 2.75 bits per heavy atom.